The molecule has 0 spiro atoms. The number of hydrogen-bond acceptors (Lipinski definition) is 10. The molecule has 3 rings (SSSR count). The molecule has 2 unspecified atom stereocenters. The van der Waals surface area contributed by atoms with Gasteiger partial charge < -0.3 is 45.2 Å². The van der Waals surface area contributed by atoms with E-state index in [-0.39, 0.29) is 6.54 Å². The van der Waals surface area contributed by atoms with E-state index in [1.807, 2.05) is 0 Å². The number of nitrogens with zero attached hydrogens (tertiary/aromatic N) is 1. The van der Waals surface area contributed by atoms with Crippen LogP contribution < -0.4 is 0 Å². The van der Waals surface area contributed by atoms with E-state index < -0.39 is 67.4 Å². The Morgan fingerprint density at radius 2 is 1.78 bits per heavy atom. The van der Waals surface area contributed by atoms with Crippen LogP contribution in [0.15, 0.2) is 12.0 Å². The maximum Gasteiger partial charge on any atom is 0.228 e. The molecular weight excluding hydrogens is 314 g/mol. The molecule has 10 heteroatoms. The first-order chi connectivity index (χ1) is 10.9. The molecule has 2 saturated heterocycles. The summed E-state index contributed by atoms with van der Waals surface area (Å²) in [5.74, 6) is -0.538. The lowest BCUT2D eigenvalue weighted by molar-refractivity contribution is -0.233. The Morgan fingerprint density at radius 3 is 2.43 bits per heavy atom. The smallest absolute Gasteiger partial charge is 0.228 e. The Bertz CT molecular complexity index is 474. The highest BCUT2D eigenvalue weighted by molar-refractivity contribution is 5.11. The number of aliphatic hydroxyl groups excluding tert-OH is 7. The zero-order chi connectivity index (χ0) is 16.9. The summed E-state index contributed by atoms with van der Waals surface area (Å²) in [5.41, 5.74) is 0. The molecule has 7 N–H and O–H groups in total. The van der Waals surface area contributed by atoms with Crippen LogP contribution >= 0.6 is 0 Å². The van der Waals surface area contributed by atoms with Crippen molar-refractivity contribution in [3.05, 3.63) is 12.0 Å². The second-order valence-corrected chi connectivity index (χ2v) is 6.07. The minimum atomic E-state index is -1.57. The average molecular weight is 335 g/mol. The predicted molar refractivity (Wildman–Crippen MR) is 71.9 cm³/mol. The Balaban J connectivity index is 1.70. The first kappa shape index (κ1) is 16.9. The highest BCUT2D eigenvalue weighted by Gasteiger charge is 2.57. The summed E-state index contributed by atoms with van der Waals surface area (Å²) >= 11 is 0. The lowest BCUT2D eigenvalue weighted by Crippen LogP contribution is -2.49. The first-order valence-electron chi connectivity index (χ1n) is 7.33. The van der Waals surface area contributed by atoms with Crippen LogP contribution in [0, 0.1) is 0 Å². The van der Waals surface area contributed by atoms with E-state index in [9.17, 15) is 35.7 Å². The van der Waals surface area contributed by atoms with Gasteiger partial charge in [0.2, 0.25) is 6.29 Å². The summed E-state index contributed by atoms with van der Waals surface area (Å²) in [6.07, 6.45) is -8.08. The molecule has 0 aromatic carbocycles. The zero-order valence-electron chi connectivity index (χ0n) is 12.1. The van der Waals surface area contributed by atoms with Crippen LogP contribution in [0.1, 0.15) is 0 Å². The maximum absolute atomic E-state index is 10.3. The number of fused-ring (bicyclic) bond motifs is 1. The van der Waals surface area contributed by atoms with Gasteiger partial charge in [0.25, 0.3) is 0 Å². The van der Waals surface area contributed by atoms with Crippen molar-refractivity contribution in [2.45, 2.75) is 55.0 Å². The minimum Gasteiger partial charge on any atom is -0.506 e. The van der Waals surface area contributed by atoms with Gasteiger partial charge in [-0.1, -0.05) is 0 Å². The summed E-state index contributed by atoms with van der Waals surface area (Å²) in [7, 11) is 0. The molecule has 2 fully saturated rings. The quantitative estimate of drug-likeness (QED) is 0.270. The van der Waals surface area contributed by atoms with E-state index in [2.05, 4.69) is 0 Å². The second kappa shape index (κ2) is 6.15. The number of ether oxygens (including phenoxy) is 2. The molecule has 132 valence electrons. The molecule has 3 aliphatic rings. The third kappa shape index (κ3) is 2.61. The molecule has 0 radical (unpaired) electrons. The summed E-state index contributed by atoms with van der Waals surface area (Å²) < 4.78 is 10.4. The Labute approximate surface area is 131 Å². The van der Waals surface area contributed by atoms with Crippen LogP contribution in [-0.2, 0) is 9.47 Å². The second-order valence-electron chi connectivity index (χ2n) is 6.07. The molecule has 0 aromatic heterocycles. The predicted octanol–water partition coefficient (Wildman–Crippen LogP) is -4.01. The van der Waals surface area contributed by atoms with Crippen molar-refractivity contribution < 1.29 is 45.2 Å². The fraction of sp³-hybridized carbons (Fsp3) is 0.846. The fourth-order valence-electron chi connectivity index (χ4n) is 3.47. The summed E-state index contributed by atoms with van der Waals surface area (Å²) in [5, 5.41) is 68.2. The highest BCUT2D eigenvalue weighted by atomic mass is 16.7. The number of hydrogen-bond donors (Lipinski definition) is 7. The Hall–Kier alpha value is -0.980. The van der Waals surface area contributed by atoms with Crippen molar-refractivity contribution in [3.8, 4) is 0 Å². The van der Waals surface area contributed by atoms with Gasteiger partial charge in [0.1, 0.15) is 24.6 Å². The highest BCUT2D eigenvalue weighted by Crippen LogP contribution is 2.35. The van der Waals surface area contributed by atoms with Crippen LogP contribution in [0.25, 0.3) is 0 Å². The number of aliphatic hydroxyl groups is 7. The topological polar surface area (TPSA) is 163 Å². The van der Waals surface area contributed by atoms with Gasteiger partial charge in [-0.25, -0.2) is 0 Å². The molecule has 0 aromatic rings. The van der Waals surface area contributed by atoms with Crippen molar-refractivity contribution in [3.63, 3.8) is 0 Å². The standard InChI is InChI=1S/C13H21NO9/c15-2-4-8(17)11(20)7-10(19)6(1-14(4)7)23-13-12(21)9(18)5(16)3-22-13/h3-4,6-13,15-21H,1-2H2/t4-,6-,7-,8-,9?,10+,11-,12?,13-/m1/s1. The molecule has 0 bridgehead atoms. The van der Waals surface area contributed by atoms with Crippen molar-refractivity contribution >= 4 is 0 Å². The fourth-order valence-corrected chi connectivity index (χ4v) is 3.47. The van der Waals surface area contributed by atoms with E-state index in [0.29, 0.717) is 0 Å². The van der Waals surface area contributed by atoms with Gasteiger partial charge in [0, 0.05) is 6.54 Å². The molecule has 0 amide bonds. The zero-order valence-corrected chi connectivity index (χ0v) is 12.1. The Kier molecular flexibility index (Phi) is 4.51. The van der Waals surface area contributed by atoms with Crippen LogP contribution in [-0.4, -0.2) is 109 Å². The lowest BCUT2D eigenvalue weighted by atomic mass is 10.0. The molecule has 10 nitrogen and oxygen atoms in total. The lowest BCUT2D eigenvalue weighted by Gasteiger charge is -2.32. The van der Waals surface area contributed by atoms with E-state index in [1.165, 1.54) is 0 Å². The van der Waals surface area contributed by atoms with Crippen molar-refractivity contribution in [1.29, 1.82) is 0 Å². The molecule has 23 heavy (non-hydrogen) atoms. The molecule has 0 saturated carbocycles. The van der Waals surface area contributed by atoms with E-state index in [0.717, 1.165) is 6.26 Å². The van der Waals surface area contributed by atoms with Gasteiger partial charge in [0.15, 0.2) is 5.76 Å². The largest absolute Gasteiger partial charge is 0.506 e. The molecule has 3 aliphatic heterocycles. The van der Waals surface area contributed by atoms with Crippen molar-refractivity contribution in [2.24, 2.45) is 0 Å². The summed E-state index contributed by atoms with van der Waals surface area (Å²) in [6.45, 7) is -0.310. The SMILES string of the molecule is OC[C@@H]1[C@@H](O)[C@H](O)[C@H]2[C@@H](O)[C@H](O[C@H]3OC=C(O)C(O)C3O)CN21. The van der Waals surface area contributed by atoms with Crippen LogP contribution in [0.3, 0.4) is 0 Å². The van der Waals surface area contributed by atoms with Gasteiger partial charge in [0.05, 0.1) is 37.0 Å². The molecule has 0 aliphatic carbocycles. The molecule has 3 heterocycles. The number of rotatable bonds is 3. The van der Waals surface area contributed by atoms with Gasteiger partial charge in [-0.05, 0) is 0 Å². The normalized spacial score (nSPS) is 50.5. The van der Waals surface area contributed by atoms with E-state index in [1.54, 1.807) is 4.90 Å². The van der Waals surface area contributed by atoms with Crippen LogP contribution in [0.4, 0.5) is 0 Å². The summed E-state index contributed by atoms with van der Waals surface area (Å²) in [4.78, 5) is 1.55. The van der Waals surface area contributed by atoms with Gasteiger partial charge in [-0.2, -0.15) is 0 Å². The first-order valence-corrected chi connectivity index (χ1v) is 7.33. The average Bonchev–Trinajstić information content (AvgIpc) is 2.96. The monoisotopic (exact) mass is 335 g/mol. The van der Waals surface area contributed by atoms with Crippen molar-refractivity contribution in [2.75, 3.05) is 13.2 Å². The van der Waals surface area contributed by atoms with Crippen molar-refractivity contribution in [1.82, 2.24) is 4.90 Å². The Morgan fingerprint density at radius 1 is 1.09 bits per heavy atom. The minimum absolute atomic E-state index is 0.0869. The molecule has 9 atom stereocenters. The van der Waals surface area contributed by atoms with E-state index in [4.69, 9.17) is 9.47 Å². The van der Waals surface area contributed by atoms with Gasteiger partial charge in [-0.15, -0.1) is 0 Å². The van der Waals surface area contributed by atoms with Crippen LogP contribution in [0.5, 0.6) is 0 Å². The van der Waals surface area contributed by atoms with Crippen LogP contribution in [0.2, 0.25) is 0 Å². The van der Waals surface area contributed by atoms with Gasteiger partial charge in [-0.3, -0.25) is 4.90 Å². The van der Waals surface area contributed by atoms with Gasteiger partial charge >= 0.3 is 0 Å². The molecular formula is C13H21NO9. The third-order valence-corrected chi connectivity index (χ3v) is 4.75. The summed E-state index contributed by atoms with van der Waals surface area (Å²) in [6, 6.07) is -1.55. The van der Waals surface area contributed by atoms with E-state index >= 15 is 0 Å². The maximum atomic E-state index is 10.3. The third-order valence-electron chi connectivity index (χ3n) is 4.75.